The predicted molar refractivity (Wildman–Crippen MR) is 80.0 cm³/mol. The van der Waals surface area contributed by atoms with Gasteiger partial charge in [-0.3, -0.25) is 4.79 Å². The lowest BCUT2D eigenvalue weighted by molar-refractivity contribution is -0.0372. The normalized spacial score (nSPS) is 25.9. The fourth-order valence-electron chi connectivity index (χ4n) is 3.00. The molecule has 2 heterocycles. The highest BCUT2D eigenvalue weighted by atomic mass is 16.3. The van der Waals surface area contributed by atoms with Crippen molar-refractivity contribution in [1.29, 1.82) is 0 Å². The molecule has 0 bridgehead atoms. The summed E-state index contributed by atoms with van der Waals surface area (Å²) in [4.78, 5) is 17.2. The third kappa shape index (κ3) is 3.16. The van der Waals surface area contributed by atoms with Crippen LogP contribution in [0.5, 0.6) is 0 Å². The number of pyridine rings is 1. The molecule has 2 rings (SSSR count). The van der Waals surface area contributed by atoms with Gasteiger partial charge in [-0.2, -0.15) is 0 Å². The van der Waals surface area contributed by atoms with E-state index >= 15 is 0 Å². The number of aliphatic hydroxyl groups is 2. The molecule has 0 spiro atoms. The molecule has 1 aliphatic rings. The van der Waals surface area contributed by atoms with E-state index in [1.54, 1.807) is 12.1 Å². The third-order valence-electron chi connectivity index (χ3n) is 4.40. The molecule has 4 N–H and O–H groups in total. The molecule has 1 aromatic heterocycles. The number of β-amino-alcohol motifs (C(OH)–C–C–N with tert-alkyl or cyclic N) is 1. The number of aromatic nitrogens is 1. The molecule has 116 valence electrons. The van der Waals surface area contributed by atoms with E-state index in [0.29, 0.717) is 17.9 Å². The second-order valence-corrected chi connectivity index (χ2v) is 5.75. The fraction of sp³-hybridized carbons (Fsp3) is 0.600. The topological polar surface area (TPSA) is 99.7 Å². The number of rotatable bonds is 5. The Balaban J connectivity index is 2.09. The Labute approximate surface area is 124 Å². The minimum Gasteiger partial charge on any atom is -0.396 e. The van der Waals surface area contributed by atoms with Crippen LogP contribution in [-0.2, 0) is 0 Å². The maximum atomic E-state index is 11.0. The Morgan fingerprint density at radius 3 is 2.81 bits per heavy atom. The van der Waals surface area contributed by atoms with Crippen molar-refractivity contribution in [3.05, 3.63) is 23.9 Å². The van der Waals surface area contributed by atoms with Crippen LogP contribution < -0.4 is 10.6 Å². The van der Waals surface area contributed by atoms with Crippen molar-refractivity contribution >= 4 is 11.7 Å². The molecule has 21 heavy (non-hydrogen) atoms. The van der Waals surface area contributed by atoms with Crippen LogP contribution in [0.1, 0.15) is 36.5 Å². The van der Waals surface area contributed by atoms with Crippen LogP contribution in [-0.4, -0.2) is 46.9 Å². The van der Waals surface area contributed by atoms with E-state index in [1.807, 2.05) is 4.90 Å². The fourth-order valence-corrected chi connectivity index (χ4v) is 3.00. The highest BCUT2D eigenvalue weighted by Gasteiger charge is 2.41. The van der Waals surface area contributed by atoms with Crippen LogP contribution in [0.3, 0.4) is 0 Å². The van der Waals surface area contributed by atoms with Gasteiger partial charge in [0.05, 0.1) is 18.3 Å². The van der Waals surface area contributed by atoms with Crippen molar-refractivity contribution in [2.24, 2.45) is 11.1 Å². The van der Waals surface area contributed by atoms with E-state index in [2.05, 4.69) is 11.9 Å². The maximum Gasteiger partial charge on any atom is 0.250 e. The molecular formula is C15H23N3O3. The van der Waals surface area contributed by atoms with Crippen LogP contribution >= 0.6 is 0 Å². The highest BCUT2D eigenvalue weighted by Crippen LogP contribution is 2.37. The molecular weight excluding hydrogens is 270 g/mol. The summed E-state index contributed by atoms with van der Waals surface area (Å²) in [6.07, 6.45) is 3.33. The summed E-state index contributed by atoms with van der Waals surface area (Å²) < 4.78 is 0. The van der Waals surface area contributed by atoms with E-state index < -0.39 is 17.4 Å². The van der Waals surface area contributed by atoms with Crippen molar-refractivity contribution in [2.45, 2.75) is 32.3 Å². The second kappa shape index (κ2) is 6.41. The van der Waals surface area contributed by atoms with Gasteiger partial charge in [0.25, 0.3) is 0 Å². The summed E-state index contributed by atoms with van der Waals surface area (Å²) in [6.45, 7) is 3.22. The first-order chi connectivity index (χ1) is 10.0. The highest BCUT2D eigenvalue weighted by molar-refractivity contribution is 5.92. The van der Waals surface area contributed by atoms with Gasteiger partial charge in [0.1, 0.15) is 5.82 Å². The van der Waals surface area contributed by atoms with E-state index in [1.165, 1.54) is 6.20 Å². The van der Waals surface area contributed by atoms with Crippen molar-refractivity contribution < 1.29 is 15.0 Å². The van der Waals surface area contributed by atoms with Gasteiger partial charge in [-0.05, 0) is 25.0 Å². The van der Waals surface area contributed by atoms with Crippen LogP contribution in [0.15, 0.2) is 18.3 Å². The Morgan fingerprint density at radius 1 is 1.57 bits per heavy atom. The van der Waals surface area contributed by atoms with Gasteiger partial charge in [0.2, 0.25) is 5.91 Å². The zero-order valence-corrected chi connectivity index (χ0v) is 12.3. The molecule has 1 aliphatic heterocycles. The zero-order chi connectivity index (χ0) is 15.5. The van der Waals surface area contributed by atoms with Crippen molar-refractivity contribution in [3.8, 4) is 0 Å². The first kappa shape index (κ1) is 15.7. The minimum absolute atomic E-state index is 0.00386. The summed E-state index contributed by atoms with van der Waals surface area (Å²) in [5.41, 5.74) is 5.15. The number of anilines is 1. The SMILES string of the molecule is CCC[C@]1(CO)CCN(c2ccc(C(N)=O)cn2)C[C@@H]1O. The standard InChI is InChI=1S/C15H23N3O3/c1-2-5-15(10-19)6-7-18(9-12(15)20)13-4-3-11(8-17-13)14(16)21/h3-4,8,12,19-20H,2,5-7,9-10H2,1H3,(H2,16,21)/t12-,15+/m0/s1. The molecule has 0 aromatic carbocycles. The number of hydrogen-bond acceptors (Lipinski definition) is 5. The van der Waals surface area contributed by atoms with E-state index in [0.717, 1.165) is 25.8 Å². The van der Waals surface area contributed by atoms with E-state index in [9.17, 15) is 15.0 Å². The van der Waals surface area contributed by atoms with Crippen molar-refractivity contribution in [2.75, 3.05) is 24.6 Å². The molecule has 1 saturated heterocycles. The Kier molecular flexibility index (Phi) is 4.80. The lowest BCUT2D eigenvalue weighted by Gasteiger charge is -2.45. The minimum atomic E-state index is -0.589. The Bertz CT molecular complexity index is 491. The average molecular weight is 293 g/mol. The molecule has 0 unspecified atom stereocenters. The number of primary amides is 1. The van der Waals surface area contributed by atoms with Crippen LogP contribution in [0.4, 0.5) is 5.82 Å². The van der Waals surface area contributed by atoms with Crippen molar-refractivity contribution in [3.63, 3.8) is 0 Å². The Hall–Kier alpha value is -1.66. The van der Waals surface area contributed by atoms with Gasteiger partial charge in [-0.15, -0.1) is 0 Å². The largest absolute Gasteiger partial charge is 0.396 e. The number of hydrogen-bond donors (Lipinski definition) is 3. The van der Waals surface area contributed by atoms with Gasteiger partial charge in [-0.1, -0.05) is 13.3 Å². The molecule has 0 aliphatic carbocycles. The number of aliphatic hydroxyl groups excluding tert-OH is 2. The summed E-state index contributed by atoms with van der Waals surface area (Å²) in [7, 11) is 0. The average Bonchev–Trinajstić information content (AvgIpc) is 2.49. The number of piperidine rings is 1. The van der Waals surface area contributed by atoms with Crippen LogP contribution in [0.2, 0.25) is 0 Å². The molecule has 6 heteroatoms. The van der Waals surface area contributed by atoms with Crippen LogP contribution in [0.25, 0.3) is 0 Å². The molecule has 2 atom stereocenters. The number of nitrogens with two attached hydrogens (primary N) is 1. The van der Waals surface area contributed by atoms with E-state index in [-0.39, 0.29) is 6.61 Å². The van der Waals surface area contributed by atoms with E-state index in [4.69, 9.17) is 5.73 Å². The third-order valence-corrected chi connectivity index (χ3v) is 4.40. The van der Waals surface area contributed by atoms with Crippen molar-refractivity contribution in [1.82, 2.24) is 4.98 Å². The van der Waals surface area contributed by atoms with Gasteiger partial charge in [0.15, 0.2) is 0 Å². The summed E-state index contributed by atoms with van der Waals surface area (Å²) in [6, 6.07) is 3.37. The number of carbonyl (C=O) groups is 1. The summed E-state index contributed by atoms with van der Waals surface area (Å²) in [5.74, 6) is 0.206. The van der Waals surface area contributed by atoms with Gasteiger partial charge >= 0.3 is 0 Å². The summed E-state index contributed by atoms with van der Waals surface area (Å²) in [5, 5.41) is 20.1. The molecule has 0 saturated carbocycles. The zero-order valence-electron chi connectivity index (χ0n) is 12.3. The summed E-state index contributed by atoms with van der Waals surface area (Å²) >= 11 is 0. The lowest BCUT2D eigenvalue weighted by Crippen LogP contribution is -2.53. The molecule has 1 aromatic rings. The molecule has 1 amide bonds. The first-order valence-electron chi connectivity index (χ1n) is 7.32. The first-order valence-corrected chi connectivity index (χ1v) is 7.32. The molecule has 6 nitrogen and oxygen atoms in total. The monoisotopic (exact) mass is 293 g/mol. The van der Waals surface area contributed by atoms with Gasteiger partial charge in [0, 0.05) is 24.7 Å². The van der Waals surface area contributed by atoms with Gasteiger partial charge < -0.3 is 20.8 Å². The van der Waals surface area contributed by atoms with Crippen LogP contribution in [0, 0.1) is 5.41 Å². The predicted octanol–water partition coefficient (Wildman–Crippen LogP) is 0.530. The Morgan fingerprint density at radius 2 is 2.33 bits per heavy atom. The smallest absolute Gasteiger partial charge is 0.250 e. The second-order valence-electron chi connectivity index (χ2n) is 5.75. The maximum absolute atomic E-state index is 11.0. The molecule has 1 fully saturated rings. The number of carbonyl (C=O) groups excluding carboxylic acids is 1. The van der Waals surface area contributed by atoms with Gasteiger partial charge in [-0.25, -0.2) is 4.98 Å². The number of nitrogens with zero attached hydrogens (tertiary/aromatic N) is 2. The number of amides is 1. The lowest BCUT2D eigenvalue weighted by atomic mass is 9.73. The molecule has 0 radical (unpaired) electrons. The quantitative estimate of drug-likeness (QED) is 0.735.